The molecule has 1 aliphatic rings. The lowest BCUT2D eigenvalue weighted by Crippen LogP contribution is -2.04. The number of methoxy groups -OCH3 is 3. The molecule has 0 aliphatic heterocycles. The predicted octanol–water partition coefficient (Wildman–Crippen LogP) is 5.99. The van der Waals surface area contributed by atoms with Crippen LogP contribution in [0.1, 0.15) is 54.2 Å². The van der Waals surface area contributed by atoms with Crippen LogP contribution in [0.15, 0.2) is 36.4 Å². The van der Waals surface area contributed by atoms with E-state index in [4.69, 9.17) is 28.4 Å². The average Bonchev–Trinajstić information content (AvgIpc) is 2.93. The van der Waals surface area contributed by atoms with Crippen LogP contribution in [0.25, 0.3) is 0 Å². The number of hydrogen-bond acceptors (Lipinski definition) is 6. The van der Waals surface area contributed by atoms with Crippen molar-refractivity contribution in [2.75, 3.05) is 41.2 Å². The molecule has 0 atom stereocenters. The van der Waals surface area contributed by atoms with Crippen molar-refractivity contribution in [3.8, 4) is 34.5 Å². The van der Waals surface area contributed by atoms with Gasteiger partial charge in [0.05, 0.1) is 41.2 Å². The number of benzene rings is 3. The van der Waals surface area contributed by atoms with Crippen molar-refractivity contribution in [2.24, 2.45) is 0 Å². The highest BCUT2D eigenvalue weighted by Crippen LogP contribution is 2.40. The first-order valence-electron chi connectivity index (χ1n) is 12.5. The molecule has 6 nitrogen and oxygen atoms in total. The van der Waals surface area contributed by atoms with Crippen molar-refractivity contribution >= 4 is 0 Å². The quantitative estimate of drug-likeness (QED) is 0.286. The second kappa shape index (κ2) is 11.5. The molecule has 0 heterocycles. The van der Waals surface area contributed by atoms with Gasteiger partial charge in [0.1, 0.15) is 0 Å². The maximum absolute atomic E-state index is 5.93. The van der Waals surface area contributed by atoms with Gasteiger partial charge in [-0.05, 0) is 110 Å². The monoisotopic (exact) mass is 492 g/mol. The second-order valence-electron chi connectivity index (χ2n) is 8.64. The highest BCUT2D eigenvalue weighted by atomic mass is 16.5. The van der Waals surface area contributed by atoms with E-state index in [-0.39, 0.29) is 0 Å². The third kappa shape index (κ3) is 5.18. The van der Waals surface area contributed by atoms with Gasteiger partial charge in [-0.1, -0.05) is 0 Å². The van der Waals surface area contributed by atoms with Gasteiger partial charge in [0.25, 0.3) is 0 Å². The summed E-state index contributed by atoms with van der Waals surface area (Å²) in [6.07, 6.45) is 2.21. The standard InChI is InChI=1S/C30H36O6/c1-7-34-28-16-22-10-20-14-26(32-5)30(36-9-3)18-24(20)12-21-15-27(33-6)29(35-8-2)17-23(21)11-19(22)13-25(28)31-4/h13-18H,7-12H2,1-6H3. The van der Waals surface area contributed by atoms with Crippen molar-refractivity contribution in [1.29, 1.82) is 0 Å². The largest absolute Gasteiger partial charge is 0.493 e. The zero-order chi connectivity index (χ0) is 25.7. The molecule has 3 aromatic carbocycles. The zero-order valence-electron chi connectivity index (χ0n) is 22.2. The number of hydrogen-bond donors (Lipinski definition) is 0. The minimum Gasteiger partial charge on any atom is -0.493 e. The number of ether oxygens (including phenoxy) is 6. The Balaban J connectivity index is 1.97. The normalized spacial score (nSPS) is 12.2. The van der Waals surface area contributed by atoms with Gasteiger partial charge in [-0.15, -0.1) is 0 Å². The maximum Gasteiger partial charge on any atom is 0.161 e. The van der Waals surface area contributed by atoms with Crippen molar-refractivity contribution in [2.45, 2.75) is 40.0 Å². The van der Waals surface area contributed by atoms with E-state index >= 15 is 0 Å². The Hall–Kier alpha value is -3.54. The number of rotatable bonds is 9. The molecule has 0 unspecified atom stereocenters. The maximum atomic E-state index is 5.93. The van der Waals surface area contributed by atoms with E-state index in [9.17, 15) is 0 Å². The molecule has 3 aromatic rings. The summed E-state index contributed by atoms with van der Waals surface area (Å²) in [6, 6.07) is 12.6. The van der Waals surface area contributed by atoms with E-state index in [0.717, 1.165) is 53.8 Å². The molecule has 0 aromatic heterocycles. The first-order valence-corrected chi connectivity index (χ1v) is 12.5. The number of fused-ring (bicyclic) bond motifs is 3. The first kappa shape index (κ1) is 25.5. The van der Waals surface area contributed by atoms with Crippen LogP contribution in [-0.4, -0.2) is 41.2 Å². The van der Waals surface area contributed by atoms with E-state index in [2.05, 4.69) is 36.4 Å². The molecular weight excluding hydrogens is 456 g/mol. The van der Waals surface area contributed by atoms with Gasteiger partial charge in [0, 0.05) is 0 Å². The molecular formula is C30H36O6. The van der Waals surface area contributed by atoms with Gasteiger partial charge >= 0.3 is 0 Å². The molecule has 1 aliphatic carbocycles. The van der Waals surface area contributed by atoms with E-state index in [0.29, 0.717) is 19.8 Å². The Bertz CT molecular complexity index is 1070. The van der Waals surface area contributed by atoms with Gasteiger partial charge in [-0.2, -0.15) is 0 Å². The van der Waals surface area contributed by atoms with Gasteiger partial charge in [0.15, 0.2) is 34.5 Å². The second-order valence-corrected chi connectivity index (χ2v) is 8.64. The van der Waals surface area contributed by atoms with Crippen LogP contribution in [0, 0.1) is 0 Å². The summed E-state index contributed by atoms with van der Waals surface area (Å²) in [5, 5.41) is 0. The Labute approximate surface area is 214 Å². The SMILES string of the molecule is CCOc1cc2c(cc1OC)Cc1cc(OCC)c(OC)cc1Cc1cc(OCC)c(OC)cc1C2. The molecule has 192 valence electrons. The summed E-state index contributed by atoms with van der Waals surface area (Å²) >= 11 is 0. The Morgan fingerprint density at radius 3 is 0.833 bits per heavy atom. The van der Waals surface area contributed by atoms with E-state index < -0.39 is 0 Å². The van der Waals surface area contributed by atoms with Crippen molar-refractivity contribution < 1.29 is 28.4 Å². The lowest BCUT2D eigenvalue weighted by atomic mass is 9.94. The van der Waals surface area contributed by atoms with Gasteiger partial charge in [-0.25, -0.2) is 0 Å². The van der Waals surface area contributed by atoms with Crippen LogP contribution in [0.2, 0.25) is 0 Å². The Morgan fingerprint density at radius 1 is 0.417 bits per heavy atom. The van der Waals surface area contributed by atoms with Crippen molar-refractivity contribution in [1.82, 2.24) is 0 Å². The Kier molecular flexibility index (Phi) is 8.14. The summed E-state index contributed by atoms with van der Waals surface area (Å²) in [5.74, 6) is 4.46. The fourth-order valence-electron chi connectivity index (χ4n) is 4.82. The molecule has 36 heavy (non-hydrogen) atoms. The minimum atomic E-state index is 0.567. The highest BCUT2D eigenvalue weighted by Gasteiger charge is 2.22. The van der Waals surface area contributed by atoms with Crippen LogP contribution < -0.4 is 28.4 Å². The molecule has 0 saturated carbocycles. The van der Waals surface area contributed by atoms with Gasteiger partial charge < -0.3 is 28.4 Å². The molecule has 6 heteroatoms. The van der Waals surface area contributed by atoms with Crippen molar-refractivity contribution in [3.05, 3.63) is 69.8 Å². The molecule has 0 bridgehead atoms. The molecule has 0 amide bonds. The topological polar surface area (TPSA) is 55.4 Å². The fourth-order valence-corrected chi connectivity index (χ4v) is 4.82. The lowest BCUT2D eigenvalue weighted by Gasteiger charge is -2.18. The Morgan fingerprint density at radius 2 is 0.639 bits per heavy atom. The summed E-state index contributed by atoms with van der Waals surface area (Å²) in [7, 11) is 5.04. The van der Waals surface area contributed by atoms with Crippen LogP contribution in [0.3, 0.4) is 0 Å². The summed E-state index contributed by atoms with van der Waals surface area (Å²) < 4.78 is 34.9. The van der Waals surface area contributed by atoms with Crippen LogP contribution in [0.5, 0.6) is 34.5 Å². The third-order valence-corrected chi connectivity index (χ3v) is 6.50. The highest BCUT2D eigenvalue weighted by molar-refractivity contribution is 5.58. The molecule has 0 N–H and O–H groups in total. The van der Waals surface area contributed by atoms with Crippen LogP contribution in [-0.2, 0) is 19.3 Å². The molecule has 0 saturated heterocycles. The molecule has 0 spiro atoms. The summed E-state index contributed by atoms with van der Waals surface area (Å²) in [4.78, 5) is 0. The van der Waals surface area contributed by atoms with E-state index in [1.807, 2.05) is 20.8 Å². The molecule has 0 fully saturated rings. The van der Waals surface area contributed by atoms with E-state index in [1.54, 1.807) is 21.3 Å². The van der Waals surface area contributed by atoms with E-state index in [1.165, 1.54) is 33.4 Å². The van der Waals surface area contributed by atoms with Crippen molar-refractivity contribution in [3.63, 3.8) is 0 Å². The third-order valence-electron chi connectivity index (χ3n) is 6.50. The first-order chi connectivity index (χ1) is 17.5. The average molecular weight is 493 g/mol. The lowest BCUT2D eigenvalue weighted by molar-refractivity contribution is 0.310. The molecule has 0 radical (unpaired) electrons. The predicted molar refractivity (Wildman–Crippen MR) is 141 cm³/mol. The zero-order valence-corrected chi connectivity index (χ0v) is 22.2. The summed E-state index contributed by atoms with van der Waals surface area (Å²) in [5.41, 5.74) is 7.12. The summed E-state index contributed by atoms with van der Waals surface area (Å²) in [6.45, 7) is 7.65. The fraction of sp³-hybridized carbons (Fsp3) is 0.400. The van der Waals surface area contributed by atoms with Crippen LogP contribution >= 0.6 is 0 Å². The van der Waals surface area contributed by atoms with Gasteiger partial charge in [0.2, 0.25) is 0 Å². The van der Waals surface area contributed by atoms with Gasteiger partial charge in [-0.3, -0.25) is 0 Å². The minimum absolute atomic E-state index is 0.567. The smallest absolute Gasteiger partial charge is 0.161 e. The van der Waals surface area contributed by atoms with Crippen LogP contribution in [0.4, 0.5) is 0 Å². The molecule has 4 rings (SSSR count).